The summed E-state index contributed by atoms with van der Waals surface area (Å²) in [6.45, 7) is 2.56. The van der Waals surface area contributed by atoms with E-state index in [9.17, 15) is 9.59 Å². The van der Waals surface area contributed by atoms with E-state index in [1.165, 1.54) is 0 Å². The number of amides is 1. The molecule has 0 aliphatic rings. The molecule has 1 amide bonds. The van der Waals surface area contributed by atoms with Gasteiger partial charge in [0.1, 0.15) is 0 Å². The summed E-state index contributed by atoms with van der Waals surface area (Å²) in [5.41, 5.74) is 6.53. The maximum atomic E-state index is 11.5. The predicted octanol–water partition coefficient (Wildman–Crippen LogP) is 0.638. The molecule has 18 heavy (non-hydrogen) atoms. The molecule has 0 bridgehead atoms. The molecule has 0 saturated heterocycles. The Morgan fingerprint density at radius 1 is 1.44 bits per heavy atom. The van der Waals surface area contributed by atoms with Crippen LogP contribution in [0.5, 0.6) is 0 Å². The van der Waals surface area contributed by atoms with E-state index < -0.39 is 5.97 Å². The molecule has 1 atom stereocenters. The minimum Gasteiger partial charge on any atom is -0.478 e. The van der Waals surface area contributed by atoms with Crippen LogP contribution in [0, 0.1) is 5.92 Å². The smallest absolute Gasteiger partial charge is 0.335 e. The Bertz CT molecular complexity index is 432. The molecule has 1 unspecified atom stereocenters. The van der Waals surface area contributed by atoms with Crippen molar-refractivity contribution in [3.63, 3.8) is 0 Å². The number of carbonyl (C=O) groups excluding carboxylic acids is 1. The van der Waals surface area contributed by atoms with Gasteiger partial charge in [-0.1, -0.05) is 19.1 Å². The first-order chi connectivity index (χ1) is 8.54. The fourth-order valence-electron chi connectivity index (χ4n) is 1.47. The highest BCUT2D eigenvalue weighted by atomic mass is 16.4. The van der Waals surface area contributed by atoms with Crippen molar-refractivity contribution in [1.82, 2.24) is 5.32 Å². The molecule has 1 aromatic rings. The fourth-order valence-corrected chi connectivity index (χ4v) is 1.47. The molecule has 0 aromatic heterocycles. The van der Waals surface area contributed by atoms with Crippen molar-refractivity contribution >= 4 is 11.9 Å². The molecule has 0 aliphatic heterocycles. The molecule has 0 aliphatic carbocycles. The molecule has 5 heteroatoms. The lowest BCUT2D eigenvalue weighted by Gasteiger charge is -2.09. The number of rotatable bonds is 6. The molecule has 0 heterocycles. The molecule has 1 aromatic carbocycles. The lowest BCUT2D eigenvalue weighted by molar-refractivity contribution is -0.124. The Labute approximate surface area is 106 Å². The van der Waals surface area contributed by atoms with Crippen LogP contribution in [0.1, 0.15) is 22.8 Å². The second-order valence-electron chi connectivity index (χ2n) is 4.18. The molecule has 0 radical (unpaired) electrons. The van der Waals surface area contributed by atoms with E-state index >= 15 is 0 Å². The average molecular weight is 250 g/mol. The summed E-state index contributed by atoms with van der Waals surface area (Å²) in [4.78, 5) is 22.2. The van der Waals surface area contributed by atoms with E-state index in [2.05, 4.69) is 5.32 Å². The largest absolute Gasteiger partial charge is 0.478 e. The van der Waals surface area contributed by atoms with Gasteiger partial charge in [-0.3, -0.25) is 4.79 Å². The zero-order valence-corrected chi connectivity index (χ0v) is 10.3. The second kappa shape index (κ2) is 6.76. The molecule has 5 nitrogen and oxygen atoms in total. The van der Waals surface area contributed by atoms with Gasteiger partial charge in [0, 0.05) is 19.0 Å². The standard InChI is InChI=1S/C13H18N2O3/c1-9(8-14)12(16)15-6-5-10-3-2-4-11(7-10)13(17)18/h2-4,7,9H,5-6,8,14H2,1H3,(H,15,16)(H,17,18). The van der Waals surface area contributed by atoms with Gasteiger partial charge in [0.15, 0.2) is 0 Å². The first-order valence-corrected chi connectivity index (χ1v) is 5.84. The lowest BCUT2D eigenvalue weighted by atomic mass is 10.1. The van der Waals surface area contributed by atoms with E-state index in [-0.39, 0.29) is 17.4 Å². The average Bonchev–Trinajstić information content (AvgIpc) is 2.38. The Hall–Kier alpha value is -1.88. The molecule has 0 fully saturated rings. The van der Waals surface area contributed by atoms with Gasteiger partial charge in [-0.15, -0.1) is 0 Å². The van der Waals surface area contributed by atoms with Gasteiger partial charge in [0.05, 0.1) is 5.56 Å². The highest BCUT2D eigenvalue weighted by Gasteiger charge is 2.09. The van der Waals surface area contributed by atoms with Crippen LogP contribution in [-0.4, -0.2) is 30.1 Å². The van der Waals surface area contributed by atoms with E-state index in [1.807, 2.05) is 6.07 Å². The Kier molecular flexibility index (Phi) is 5.32. The molecule has 1 rings (SSSR count). The normalized spacial score (nSPS) is 11.9. The zero-order chi connectivity index (χ0) is 13.5. The Balaban J connectivity index is 2.47. The van der Waals surface area contributed by atoms with Crippen molar-refractivity contribution < 1.29 is 14.7 Å². The summed E-state index contributed by atoms with van der Waals surface area (Å²) < 4.78 is 0. The highest BCUT2D eigenvalue weighted by Crippen LogP contribution is 2.05. The number of hydrogen-bond donors (Lipinski definition) is 3. The van der Waals surface area contributed by atoms with Crippen LogP contribution in [0.3, 0.4) is 0 Å². The van der Waals surface area contributed by atoms with Crippen LogP contribution in [0.15, 0.2) is 24.3 Å². The van der Waals surface area contributed by atoms with Crippen LogP contribution in [0.2, 0.25) is 0 Å². The van der Waals surface area contributed by atoms with Gasteiger partial charge >= 0.3 is 5.97 Å². The van der Waals surface area contributed by atoms with Crippen LogP contribution < -0.4 is 11.1 Å². The number of nitrogens with two attached hydrogens (primary N) is 1. The summed E-state index contributed by atoms with van der Waals surface area (Å²) in [6.07, 6.45) is 0.601. The summed E-state index contributed by atoms with van der Waals surface area (Å²) in [5.74, 6) is -1.22. The summed E-state index contributed by atoms with van der Waals surface area (Å²) in [6, 6.07) is 6.69. The summed E-state index contributed by atoms with van der Waals surface area (Å²) in [5, 5.41) is 11.6. The maximum Gasteiger partial charge on any atom is 0.335 e. The number of aromatic carboxylic acids is 1. The van der Waals surface area contributed by atoms with Gasteiger partial charge in [0.25, 0.3) is 0 Å². The molecular weight excluding hydrogens is 232 g/mol. The minimum atomic E-state index is -0.947. The minimum absolute atomic E-state index is 0.0770. The number of carbonyl (C=O) groups is 2. The summed E-state index contributed by atoms with van der Waals surface area (Å²) in [7, 11) is 0. The van der Waals surface area contributed by atoms with Crippen molar-refractivity contribution in [3.8, 4) is 0 Å². The SMILES string of the molecule is CC(CN)C(=O)NCCc1cccc(C(=O)O)c1. The predicted molar refractivity (Wildman–Crippen MR) is 68.3 cm³/mol. The van der Waals surface area contributed by atoms with Gasteiger partial charge in [-0.2, -0.15) is 0 Å². The molecule has 4 N–H and O–H groups in total. The first-order valence-electron chi connectivity index (χ1n) is 5.84. The van der Waals surface area contributed by atoms with Crippen molar-refractivity contribution in [2.75, 3.05) is 13.1 Å². The first kappa shape index (κ1) is 14.2. The number of benzene rings is 1. The van der Waals surface area contributed by atoms with Crippen molar-refractivity contribution in [1.29, 1.82) is 0 Å². The monoisotopic (exact) mass is 250 g/mol. The number of carboxylic acid groups (broad SMARTS) is 1. The van der Waals surface area contributed by atoms with Crippen molar-refractivity contribution in [2.45, 2.75) is 13.3 Å². The third-order valence-corrected chi connectivity index (χ3v) is 2.69. The van der Waals surface area contributed by atoms with Crippen LogP contribution in [0.4, 0.5) is 0 Å². The third kappa shape index (κ3) is 4.18. The molecule has 0 spiro atoms. The number of nitrogens with one attached hydrogen (secondary N) is 1. The third-order valence-electron chi connectivity index (χ3n) is 2.69. The van der Waals surface area contributed by atoms with Gasteiger partial charge in [-0.25, -0.2) is 4.79 Å². The van der Waals surface area contributed by atoms with Crippen molar-refractivity contribution in [2.24, 2.45) is 11.7 Å². The topological polar surface area (TPSA) is 92.4 Å². The van der Waals surface area contributed by atoms with E-state index in [0.29, 0.717) is 19.5 Å². The highest BCUT2D eigenvalue weighted by molar-refractivity contribution is 5.87. The number of carboxylic acids is 1. The second-order valence-corrected chi connectivity index (χ2v) is 4.18. The lowest BCUT2D eigenvalue weighted by Crippen LogP contribution is -2.34. The molecule has 98 valence electrons. The van der Waals surface area contributed by atoms with Crippen LogP contribution >= 0.6 is 0 Å². The molecular formula is C13H18N2O3. The van der Waals surface area contributed by atoms with E-state index in [4.69, 9.17) is 10.8 Å². The van der Waals surface area contributed by atoms with E-state index in [1.54, 1.807) is 25.1 Å². The number of hydrogen-bond acceptors (Lipinski definition) is 3. The van der Waals surface area contributed by atoms with Gasteiger partial charge < -0.3 is 16.2 Å². The zero-order valence-electron chi connectivity index (χ0n) is 10.3. The Morgan fingerprint density at radius 3 is 2.78 bits per heavy atom. The quantitative estimate of drug-likeness (QED) is 0.690. The Morgan fingerprint density at radius 2 is 2.17 bits per heavy atom. The van der Waals surface area contributed by atoms with Crippen LogP contribution in [0.25, 0.3) is 0 Å². The van der Waals surface area contributed by atoms with Crippen molar-refractivity contribution in [3.05, 3.63) is 35.4 Å². The van der Waals surface area contributed by atoms with E-state index in [0.717, 1.165) is 5.56 Å². The molecule has 0 saturated carbocycles. The fraction of sp³-hybridized carbons (Fsp3) is 0.385. The van der Waals surface area contributed by atoms with Crippen LogP contribution in [-0.2, 0) is 11.2 Å². The van der Waals surface area contributed by atoms with Gasteiger partial charge in [-0.05, 0) is 24.1 Å². The van der Waals surface area contributed by atoms with Gasteiger partial charge in [0.2, 0.25) is 5.91 Å². The summed E-state index contributed by atoms with van der Waals surface area (Å²) >= 11 is 0. The maximum absolute atomic E-state index is 11.5.